The number of nitrogens with one attached hydrogen (secondary N) is 1. The highest BCUT2D eigenvalue weighted by molar-refractivity contribution is 6.00. The molecule has 8 heteroatoms. The molecule has 0 aromatic carbocycles. The van der Waals surface area contributed by atoms with Crippen molar-refractivity contribution >= 4 is 11.7 Å². The van der Waals surface area contributed by atoms with E-state index >= 15 is 0 Å². The van der Waals surface area contributed by atoms with Crippen LogP contribution in [0.5, 0.6) is 0 Å². The Morgan fingerprint density at radius 3 is 2.90 bits per heavy atom. The van der Waals surface area contributed by atoms with E-state index in [1.165, 1.54) is 18.6 Å². The zero-order valence-electron chi connectivity index (χ0n) is 11.0. The van der Waals surface area contributed by atoms with Gasteiger partial charge < -0.3 is 9.84 Å². The Morgan fingerprint density at radius 1 is 1.24 bits per heavy atom. The SMILES string of the molecule is Cc1ccnc(NC(=O)c2nc(-c3cnccn3)no2)c1. The average molecular weight is 282 g/mol. The van der Waals surface area contributed by atoms with Crippen molar-refractivity contribution in [1.82, 2.24) is 25.1 Å². The number of aryl methyl sites for hydroxylation is 1. The van der Waals surface area contributed by atoms with Crippen LogP contribution in [0.15, 0.2) is 41.4 Å². The number of hydrogen-bond donors (Lipinski definition) is 1. The Hall–Kier alpha value is -3.16. The lowest BCUT2D eigenvalue weighted by molar-refractivity contribution is 0.0981. The van der Waals surface area contributed by atoms with Gasteiger partial charge in [0.1, 0.15) is 11.5 Å². The molecule has 0 aliphatic rings. The third-order valence-corrected chi connectivity index (χ3v) is 2.57. The first kappa shape index (κ1) is 12.9. The number of anilines is 1. The first-order valence-electron chi connectivity index (χ1n) is 6.06. The van der Waals surface area contributed by atoms with E-state index in [9.17, 15) is 4.79 Å². The standard InChI is InChI=1S/C13H10N6O2/c1-8-2-3-16-10(6-8)17-12(20)13-18-11(19-21-13)9-7-14-4-5-15-9/h2-7H,1H3,(H,16,17,20). The molecular weight excluding hydrogens is 272 g/mol. The van der Waals surface area contributed by atoms with Gasteiger partial charge in [-0.3, -0.25) is 9.78 Å². The lowest BCUT2D eigenvalue weighted by Crippen LogP contribution is -2.13. The molecule has 0 spiro atoms. The van der Waals surface area contributed by atoms with Gasteiger partial charge in [0, 0.05) is 18.6 Å². The second-order valence-corrected chi connectivity index (χ2v) is 4.19. The highest BCUT2D eigenvalue weighted by atomic mass is 16.5. The van der Waals surface area contributed by atoms with Crippen molar-refractivity contribution in [3.05, 3.63) is 48.4 Å². The maximum Gasteiger partial charge on any atom is 0.316 e. The molecule has 21 heavy (non-hydrogen) atoms. The van der Waals surface area contributed by atoms with Crippen molar-refractivity contribution in [2.45, 2.75) is 6.92 Å². The van der Waals surface area contributed by atoms with Gasteiger partial charge >= 0.3 is 11.8 Å². The number of aromatic nitrogens is 5. The van der Waals surface area contributed by atoms with Gasteiger partial charge in [-0.15, -0.1) is 0 Å². The summed E-state index contributed by atoms with van der Waals surface area (Å²) in [6, 6.07) is 3.56. The van der Waals surface area contributed by atoms with Gasteiger partial charge in [0.05, 0.1) is 6.20 Å². The fourth-order valence-electron chi connectivity index (χ4n) is 1.61. The van der Waals surface area contributed by atoms with Gasteiger partial charge in [0.25, 0.3) is 0 Å². The quantitative estimate of drug-likeness (QED) is 0.775. The lowest BCUT2D eigenvalue weighted by atomic mass is 10.3. The molecule has 3 aromatic heterocycles. The Morgan fingerprint density at radius 2 is 2.14 bits per heavy atom. The second kappa shape index (κ2) is 5.45. The van der Waals surface area contributed by atoms with Gasteiger partial charge in [-0.2, -0.15) is 4.98 Å². The van der Waals surface area contributed by atoms with Crippen molar-refractivity contribution in [3.63, 3.8) is 0 Å². The molecule has 0 bridgehead atoms. The summed E-state index contributed by atoms with van der Waals surface area (Å²) < 4.78 is 4.91. The van der Waals surface area contributed by atoms with E-state index in [1.54, 1.807) is 12.3 Å². The molecular formula is C13H10N6O2. The molecule has 104 valence electrons. The minimum absolute atomic E-state index is 0.168. The topological polar surface area (TPSA) is 107 Å². The first-order valence-corrected chi connectivity index (χ1v) is 6.06. The van der Waals surface area contributed by atoms with E-state index < -0.39 is 5.91 Å². The molecule has 0 saturated carbocycles. The first-order chi connectivity index (χ1) is 10.2. The molecule has 8 nitrogen and oxygen atoms in total. The Labute approximate surface area is 119 Å². The van der Waals surface area contributed by atoms with E-state index in [1.807, 2.05) is 13.0 Å². The zero-order chi connectivity index (χ0) is 14.7. The van der Waals surface area contributed by atoms with E-state index in [0.29, 0.717) is 11.5 Å². The number of pyridine rings is 1. The van der Waals surface area contributed by atoms with Crippen LogP contribution < -0.4 is 5.32 Å². The van der Waals surface area contributed by atoms with E-state index in [4.69, 9.17) is 4.52 Å². The van der Waals surface area contributed by atoms with Gasteiger partial charge in [-0.25, -0.2) is 9.97 Å². The normalized spacial score (nSPS) is 10.3. The maximum absolute atomic E-state index is 12.0. The second-order valence-electron chi connectivity index (χ2n) is 4.19. The lowest BCUT2D eigenvalue weighted by Gasteiger charge is -2.01. The predicted octanol–water partition coefficient (Wildman–Crippen LogP) is 1.48. The smallest absolute Gasteiger partial charge is 0.316 e. The molecule has 1 amide bonds. The number of hydrogen-bond acceptors (Lipinski definition) is 7. The van der Waals surface area contributed by atoms with Crippen molar-refractivity contribution in [2.24, 2.45) is 0 Å². The molecule has 0 fully saturated rings. The van der Waals surface area contributed by atoms with E-state index in [-0.39, 0.29) is 11.7 Å². The Bertz CT molecular complexity index is 771. The fourth-order valence-corrected chi connectivity index (χ4v) is 1.61. The number of amides is 1. The molecule has 0 aliphatic carbocycles. The van der Waals surface area contributed by atoms with Crippen LogP contribution in [0.4, 0.5) is 5.82 Å². The third-order valence-electron chi connectivity index (χ3n) is 2.57. The maximum atomic E-state index is 12.0. The van der Waals surface area contributed by atoms with Crippen LogP contribution >= 0.6 is 0 Å². The largest absolute Gasteiger partial charge is 0.328 e. The number of rotatable bonds is 3. The molecule has 0 radical (unpaired) electrons. The summed E-state index contributed by atoms with van der Waals surface area (Å²) >= 11 is 0. The van der Waals surface area contributed by atoms with E-state index in [0.717, 1.165) is 5.56 Å². The van der Waals surface area contributed by atoms with Crippen LogP contribution in [0, 0.1) is 6.92 Å². The number of carbonyl (C=O) groups excluding carboxylic acids is 1. The van der Waals surface area contributed by atoms with Gasteiger partial charge in [-0.05, 0) is 24.6 Å². The van der Waals surface area contributed by atoms with Crippen molar-refractivity contribution in [3.8, 4) is 11.5 Å². The minimum Gasteiger partial charge on any atom is -0.328 e. The van der Waals surface area contributed by atoms with Gasteiger partial charge in [0.15, 0.2) is 0 Å². The molecule has 3 rings (SSSR count). The summed E-state index contributed by atoms with van der Waals surface area (Å²) in [4.78, 5) is 27.9. The highest BCUT2D eigenvalue weighted by Crippen LogP contribution is 2.12. The fraction of sp³-hybridized carbons (Fsp3) is 0.0769. The van der Waals surface area contributed by atoms with Crippen LogP contribution in [0.1, 0.15) is 16.2 Å². The molecule has 0 atom stereocenters. The zero-order valence-corrected chi connectivity index (χ0v) is 11.0. The van der Waals surface area contributed by atoms with Gasteiger partial charge in [-0.1, -0.05) is 5.16 Å². The monoisotopic (exact) mass is 282 g/mol. The third kappa shape index (κ3) is 2.89. The van der Waals surface area contributed by atoms with Crippen molar-refractivity contribution in [1.29, 1.82) is 0 Å². The van der Waals surface area contributed by atoms with Crippen LogP contribution in [-0.4, -0.2) is 31.0 Å². The predicted molar refractivity (Wildman–Crippen MR) is 72.3 cm³/mol. The molecule has 3 heterocycles. The molecule has 0 saturated heterocycles. The van der Waals surface area contributed by atoms with Crippen LogP contribution in [0.2, 0.25) is 0 Å². The Kier molecular flexibility index (Phi) is 3.34. The average Bonchev–Trinajstić information content (AvgIpc) is 2.98. The summed E-state index contributed by atoms with van der Waals surface area (Å²) in [5, 5.41) is 6.28. The van der Waals surface area contributed by atoms with Crippen LogP contribution in [0.3, 0.4) is 0 Å². The highest BCUT2D eigenvalue weighted by Gasteiger charge is 2.17. The number of carbonyl (C=O) groups is 1. The Balaban J connectivity index is 1.78. The molecule has 3 aromatic rings. The molecule has 1 N–H and O–H groups in total. The van der Waals surface area contributed by atoms with Crippen LogP contribution in [-0.2, 0) is 0 Å². The summed E-state index contributed by atoms with van der Waals surface area (Å²) in [5.74, 6) is -0.0839. The van der Waals surface area contributed by atoms with E-state index in [2.05, 4.69) is 30.4 Å². The molecule has 0 unspecified atom stereocenters. The summed E-state index contributed by atoms with van der Waals surface area (Å²) in [6.45, 7) is 1.90. The minimum atomic E-state index is -0.532. The van der Waals surface area contributed by atoms with Crippen LogP contribution in [0.25, 0.3) is 11.5 Å². The van der Waals surface area contributed by atoms with Crippen molar-refractivity contribution < 1.29 is 9.32 Å². The summed E-state index contributed by atoms with van der Waals surface area (Å²) in [5.41, 5.74) is 1.40. The van der Waals surface area contributed by atoms with Gasteiger partial charge in [0.2, 0.25) is 5.82 Å². The molecule has 0 aliphatic heterocycles. The summed E-state index contributed by atoms with van der Waals surface area (Å²) in [6.07, 6.45) is 6.11. The van der Waals surface area contributed by atoms with Crippen molar-refractivity contribution in [2.75, 3.05) is 5.32 Å². The number of nitrogens with zero attached hydrogens (tertiary/aromatic N) is 5. The summed E-state index contributed by atoms with van der Waals surface area (Å²) in [7, 11) is 0.